The molecule has 1 N–H and O–H groups in total. The summed E-state index contributed by atoms with van der Waals surface area (Å²) in [5.41, 5.74) is 1.02. The van der Waals surface area contributed by atoms with Crippen LogP contribution in [-0.4, -0.2) is 0 Å². The van der Waals surface area contributed by atoms with Crippen LogP contribution in [0.1, 0.15) is 15.3 Å². The molecule has 0 aliphatic rings. The van der Waals surface area contributed by atoms with Crippen LogP contribution in [0.3, 0.4) is 0 Å². The van der Waals surface area contributed by atoms with Gasteiger partial charge in [0.25, 0.3) is 0 Å². The second-order valence-electron chi connectivity index (χ2n) is 3.89. The van der Waals surface area contributed by atoms with E-state index >= 15 is 0 Å². The summed E-state index contributed by atoms with van der Waals surface area (Å²) in [7, 11) is 0. The monoisotopic (exact) mass is 253 g/mol. The van der Waals surface area contributed by atoms with Crippen molar-refractivity contribution in [2.75, 3.05) is 5.32 Å². The standard InChI is InChI=1S/C13H13F2NS/c1-8-6-10(9(2)17-8)7-16-13-11(14)4-3-5-12(13)15/h3-6,16H,7H2,1-2H3. The van der Waals surface area contributed by atoms with Gasteiger partial charge in [-0.25, -0.2) is 8.78 Å². The van der Waals surface area contributed by atoms with E-state index in [4.69, 9.17) is 0 Å². The second-order valence-corrected chi connectivity index (χ2v) is 5.35. The highest BCUT2D eigenvalue weighted by atomic mass is 32.1. The van der Waals surface area contributed by atoms with E-state index in [9.17, 15) is 8.78 Å². The Balaban J connectivity index is 2.15. The van der Waals surface area contributed by atoms with E-state index < -0.39 is 11.6 Å². The van der Waals surface area contributed by atoms with Gasteiger partial charge in [-0.1, -0.05) is 6.07 Å². The molecule has 90 valence electrons. The molecule has 17 heavy (non-hydrogen) atoms. The highest BCUT2D eigenvalue weighted by Crippen LogP contribution is 2.23. The molecule has 2 aromatic rings. The lowest BCUT2D eigenvalue weighted by atomic mass is 10.2. The second kappa shape index (κ2) is 4.84. The Bertz CT molecular complexity index is 514. The largest absolute Gasteiger partial charge is 0.376 e. The summed E-state index contributed by atoms with van der Waals surface area (Å²) < 4.78 is 26.7. The van der Waals surface area contributed by atoms with E-state index in [1.165, 1.54) is 28.0 Å². The minimum Gasteiger partial charge on any atom is -0.376 e. The number of aryl methyl sites for hydroxylation is 2. The maximum Gasteiger partial charge on any atom is 0.149 e. The zero-order valence-corrected chi connectivity index (χ0v) is 10.5. The molecule has 0 atom stereocenters. The van der Waals surface area contributed by atoms with Crippen molar-refractivity contribution in [3.63, 3.8) is 0 Å². The fraction of sp³-hybridized carbons (Fsp3) is 0.231. The number of hydrogen-bond donors (Lipinski definition) is 1. The van der Waals surface area contributed by atoms with Gasteiger partial charge in [0.15, 0.2) is 0 Å². The summed E-state index contributed by atoms with van der Waals surface area (Å²) in [5, 5.41) is 2.81. The lowest BCUT2D eigenvalue weighted by molar-refractivity contribution is 0.588. The van der Waals surface area contributed by atoms with Crippen LogP contribution < -0.4 is 5.32 Å². The maximum atomic E-state index is 13.4. The molecular formula is C13H13F2NS. The molecule has 1 aromatic heterocycles. The van der Waals surface area contributed by atoms with Gasteiger partial charge in [-0.15, -0.1) is 11.3 Å². The third kappa shape index (κ3) is 2.64. The summed E-state index contributed by atoms with van der Waals surface area (Å²) in [6.45, 7) is 4.46. The molecule has 4 heteroatoms. The number of anilines is 1. The van der Waals surface area contributed by atoms with Gasteiger partial charge in [-0.2, -0.15) is 0 Å². The van der Waals surface area contributed by atoms with Gasteiger partial charge in [-0.3, -0.25) is 0 Å². The number of halogens is 2. The fourth-order valence-corrected chi connectivity index (χ4v) is 2.66. The number of hydrogen-bond acceptors (Lipinski definition) is 2. The topological polar surface area (TPSA) is 12.0 Å². The normalized spacial score (nSPS) is 10.6. The van der Waals surface area contributed by atoms with Crippen molar-refractivity contribution < 1.29 is 8.78 Å². The maximum absolute atomic E-state index is 13.4. The van der Waals surface area contributed by atoms with E-state index in [0.29, 0.717) is 6.54 Å². The van der Waals surface area contributed by atoms with Crippen LogP contribution in [0.5, 0.6) is 0 Å². The first-order valence-electron chi connectivity index (χ1n) is 5.31. The van der Waals surface area contributed by atoms with Gasteiger partial charge in [0.05, 0.1) is 0 Å². The van der Waals surface area contributed by atoms with Gasteiger partial charge in [-0.05, 0) is 37.6 Å². The first-order valence-corrected chi connectivity index (χ1v) is 6.13. The Morgan fingerprint density at radius 1 is 1.18 bits per heavy atom. The van der Waals surface area contributed by atoms with Crippen LogP contribution in [-0.2, 0) is 6.54 Å². The average Bonchev–Trinajstić information content (AvgIpc) is 2.57. The van der Waals surface area contributed by atoms with E-state index in [1.807, 2.05) is 19.9 Å². The molecule has 0 fully saturated rings. The molecule has 0 aliphatic heterocycles. The predicted octanol–water partition coefficient (Wildman–Crippen LogP) is 4.26. The van der Waals surface area contributed by atoms with E-state index in [0.717, 1.165) is 5.56 Å². The fourth-order valence-electron chi connectivity index (χ4n) is 1.71. The number of para-hydroxylation sites is 1. The van der Waals surface area contributed by atoms with E-state index in [1.54, 1.807) is 11.3 Å². The SMILES string of the molecule is Cc1cc(CNc2c(F)cccc2F)c(C)s1. The average molecular weight is 253 g/mol. The van der Waals surface area contributed by atoms with Crippen molar-refractivity contribution in [3.8, 4) is 0 Å². The van der Waals surface area contributed by atoms with Crippen molar-refractivity contribution in [3.05, 3.63) is 51.2 Å². The third-order valence-corrected chi connectivity index (χ3v) is 3.57. The van der Waals surface area contributed by atoms with Crippen molar-refractivity contribution in [2.45, 2.75) is 20.4 Å². The molecule has 1 nitrogen and oxygen atoms in total. The zero-order chi connectivity index (χ0) is 12.4. The van der Waals surface area contributed by atoms with Crippen LogP contribution in [0.15, 0.2) is 24.3 Å². The van der Waals surface area contributed by atoms with Gasteiger partial charge in [0, 0.05) is 16.3 Å². The van der Waals surface area contributed by atoms with Gasteiger partial charge >= 0.3 is 0 Å². The van der Waals surface area contributed by atoms with Gasteiger partial charge in [0.2, 0.25) is 0 Å². The number of thiophene rings is 1. The molecule has 2 rings (SSSR count). The Morgan fingerprint density at radius 3 is 2.35 bits per heavy atom. The van der Waals surface area contributed by atoms with Crippen LogP contribution in [0, 0.1) is 25.5 Å². The molecule has 0 radical (unpaired) electrons. The number of nitrogens with one attached hydrogen (secondary N) is 1. The Morgan fingerprint density at radius 2 is 1.82 bits per heavy atom. The molecule has 1 heterocycles. The van der Waals surface area contributed by atoms with Crippen molar-refractivity contribution in [1.29, 1.82) is 0 Å². The Kier molecular flexibility index (Phi) is 3.43. The van der Waals surface area contributed by atoms with Crippen LogP contribution in [0.25, 0.3) is 0 Å². The Labute approximate surface area is 103 Å². The lowest BCUT2D eigenvalue weighted by Gasteiger charge is -2.08. The molecule has 0 saturated heterocycles. The summed E-state index contributed by atoms with van der Waals surface area (Å²) in [4.78, 5) is 2.38. The minimum absolute atomic E-state index is 0.0595. The molecular weight excluding hydrogens is 240 g/mol. The van der Waals surface area contributed by atoms with Crippen LogP contribution >= 0.6 is 11.3 Å². The van der Waals surface area contributed by atoms with Crippen LogP contribution in [0.2, 0.25) is 0 Å². The van der Waals surface area contributed by atoms with E-state index in [-0.39, 0.29) is 5.69 Å². The summed E-state index contributed by atoms with van der Waals surface area (Å²) in [5.74, 6) is -1.12. The van der Waals surface area contributed by atoms with E-state index in [2.05, 4.69) is 5.32 Å². The first-order chi connectivity index (χ1) is 8.08. The van der Waals surface area contributed by atoms with Gasteiger partial charge < -0.3 is 5.32 Å². The molecule has 1 aromatic carbocycles. The number of rotatable bonds is 3. The van der Waals surface area contributed by atoms with Crippen molar-refractivity contribution in [1.82, 2.24) is 0 Å². The molecule has 0 aliphatic carbocycles. The summed E-state index contributed by atoms with van der Waals surface area (Å²) >= 11 is 1.69. The quantitative estimate of drug-likeness (QED) is 0.862. The van der Waals surface area contributed by atoms with Gasteiger partial charge in [0.1, 0.15) is 17.3 Å². The number of benzene rings is 1. The highest BCUT2D eigenvalue weighted by molar-refractivity contribution is 7.12. The van der Waals surface area contributed by atoms with Crippen molar-refractivity contribution >= 4 is 17.0 Å². The molecule has 0 bridgehead atoms. The Hall–Kier alpha value is -1.42. The van der Waals surface area contributed by atoms with Crippen LogP contribution in [0.4, 0.5) is 14.5 Å². The molecule has 0 amide bonds. The molecule has 0 spiro atoms. The predicted molar refractivity (Wildman–Crippen MR) is 67.5 cm³/mol. The summed E-state index contributed by atoms with van der Waals surface area (Å²) in [6.07, 6.45) is 0. The highest BCUT2D eigenvalue weighted by Gasteiger charge is 2.09. The first kappa shape index (κ1) is 12.0. The minimum atomic E-state index is -0.561. The smallest absolute Gasteiger partial charge is 0.149 e. The summed E-state index contributed by atoms with van der Waals surface area (Å²) in [6, 6.07) is 5.88. The lowest BCUT2D eigenvalue weighted by Crippen LogP contribution is -2.03. The third-order valence-electron chi connectivity index (χ3n) is 2.56. The molecule has 0 unspecified atom stereocenters. The zero-order valence-electron chi connectivity index (χ0n) is 9.68. The van der Waals surface area contributed by atoms with Crippen molar-refractivity contribution in [2.24, 2.45) is 0 Å². The molecule has 0 saturated carbocycles.